The second-order valence-electron chi connectivity index (χ2n) is 6.33. The summed E-state index contributed by atoms with van der Waals surface area (Å²) in [5.74, 6) is -4.84. The van der Waals surface area contributed by atoms with Crippen LogP contribution in [0.15, 0.2) is 65.8 Å². The van der Waals surface area contributed by atoms with E-state index in [1.54, 1.807) is 48.5 Å². The van der Waals surface area contributed by atoms with E-state index in [1.165, 1.54) is 12.1 Å². The molecule has 0 fully saturated rings. The topological polar surface area (TPSA) is 125 Å². The van der Waals surface area contributed by atoms with E-state index in [9.17, 15) is 15.0 Å². The molecule has 0 radical (unpaired) electrons. The van der Waals surface area contributed by atoms with Crippen LogP contribution in [0.2, 0.25) is 0 Å². The number of halogens is 2. The van der Waals surface area contributed by atoms with Gasteiger partial charge in [-0.25, -0.2) is 13.6 Å². The molecule has 160 valence electrons. The quantitative estimate of drug-likeness (QED) is 0.250. The fourth-order valence-corrected chi connectivity index (χ4v) is 2.62. The van der Waals surface area contributed by atoms with E-state index in [0.717, 1.165) is 0 Å². The second-order valence-corrected chi connectivity index (χ2v) is 6.33. The van der Waals surface area contributed by atoms with Crippen LogP contribution in [0.5, 0.6) is 0 Å². The van der Waals surface area contributed by atoms with Crippen LogP contribution in [0.1, 0.15) is 15.9 Å². The molecule has 30 heavy (non-hydrogen) atoms. The minimum Gasteiger partial charge on any atom is -0.461 e. The first-order chi connectivity index (χ1) is 14.4. The van der Waals surface area contributed by atoms with Gasteiger partial charge in [0.1, 0.15) is 24.9 Å². The van der Waals surface area contributed by atoms with Crippen LogP contribution in [0.4, 0.5) is 8.78 Å². The second kappa shape index (κ2) is 11.2. The molecule has 8 nitrogen and oxygen atoms in total. The fraction of sp³-hybridized carbons (Fsp3) is 0.350. The Bertz CT molecular complexity index is 848. The van der Waals surface area contributed by atoms with Crippen molar-refractivity contribution in [3.63, 3.8) is 0 Å². The number of benzene rings is 2. The Labute approximate surface area is 171 Å². The fourth-order valence-electron chi connectivity index (χ4n) is 2.62. The van der Waals surface area contributed by atoms with E-state index in [2.05, 4.69) is 10.0 Å². The standard InChI is InChI=1S/C20H21F2N3O5/c21-20(22,18(16(27)11-26)29-12-14-7-3-1-4-8-14)17(24-25-23)13-30-19(28)15-9-5-2-6-10-15/h1-10,16-18,26-27H,11-13H2/t16-,17+,18-/m1/s1. The van der Waals surface area contributed by atoms with Crippen molar-refractivity contribution in [1.82, 2.24) is 0 Å². The van der Waals surface area contributed by atoms with Gasteiger partial charge in [0.15, 0.2) is 0 Å². The smallest absolute Gasteiger partial charge is 0.338 e. The molecule has 2 rings (SSSR count). The summed E-state index contributed by atoms with van der Waals surface area (Å²) in [6.07, 6.45) is -4.18. The van der Waals surface area contributed by atoms with Crippen LogP contribution in [0.3, 0.4) is 0 Å². The van der Waals surface area contributed by atoms with Gasteiger partial charge in [-0.3, -0.25) is 0 Å². The van der Waals surface area contributed by atoms with Gasteiger partial charge in [-0.1, -0.05) is 53.6 Å². The highest BCUT2D eigenvalue weighted by Crippen LogP contribution is 2.31. The van der Waals surface area contributed by atoms with Crippen LogP contribution in [-0.2, 0) is 16.1 Å². The van der Waals surface area contributed by atoms with E-state index in [4.69, 9.17) is 15.0 Å². The van der Waals surface area contributed by atoms with Crippen LogP contribution >= 0.6 is 0 Å². The van der Waals surface area contributed by atoms with Crippen LogP contribution in [0.25, 0.3) is 10.4 Å². The summed E-state index contributed by atoms with van der Waals surface area (Å²) in [4.78, 5) is 14.4. The highest BCUT2D eigenvalue weighted by atomic mass is 19.3. The molecule has 0 aliphatic heterocycles. The highest BCUT2D eigenvalue weighted by Gasteiger charge is 2.51. The molecule has 2 N–H and O–H groups in total. The highest BCUT2D eigenvalue weighted by molar-refractivity contribution is 5.89. The third kappa shape index (κ3) is 6.23. The largest absolute Gasteiger partial charge is 0.461 e. The molecule has 0 aliphatic carbocycles. The number of esters is 1. The Kier molecular flexibility index (Phi) is 8.70. The van der Waals surface area contributed by atoms with E-state index in [1.807, 2.05) is 0 Å². The van der Waals surface area contributed by atoms with Gasteiger partial charge in [-0.15, -0.1) is 0 Å². The van der Waals surface area contributed by atoms with Crippen molar-refractivity contribution in [2.24, 2.45) is 5.11 Å². The van der Waals surface area contributed by atoms with Gasteiger partial charge in [-0.05, 0) is 23.2 Å². The Morgan fingerprint density at radius 2 is 1.73 bits per heavy atom. The van der Waals surface area contributed by atoms with Crippen LogP contribution < -0.4 is 0 Å². The van der Waals surface area contributed by atoms with Crippen molar-refractivity contribution >= 4 is 5.97 Å². The zero-order valence-corrected chi connectivity index (χ0v) is 15.8. The normalized spacial score (nSPS) is 14.3. The predicted molar refractivity (Wildman–Crippen MR) is 103 cm³/mol. The molecule has 3 atom stereocenters. The number of aliphatic hydroxyl groups is 2. The summed E-state index contributed by atoms with van der Waals surface area (Å²) in [5, 5.41) is 22.1. The molecule has 10 heteroatoms. The maximum Gasteiger partial charge on any atom is 0.338 e. The molecule has 0 saturated carbocycles. The van der Waals surface area contributed by atoms with Gasteiger partial charge >= 0.3 is 5.97 Å². The molecule has 0 aromatic heterocycles. The van der Waals surface area contributed by atoms with E-state index in [-0.39, 0.29) is 12.2 Å². The lowest BCUT2D eigenvalue weighted by Gasteiger charge is -2.33. The van der Waals surface area contributed by atoms with Gasteiger partial charge in [0.25, 0.3) is 5.92 Å². The zero-order chi connectivity index (χ0) is 22.0. The molecule has 2 aromatic rings. The van der Waals surface area contributed by atoms with Crippen molar-refractivity contribution in [3.8, 4) is 0 Å². The molecule has 2 aromatic carbocycles. The molecular weight excluding hydrogens is 400 g/mol. The Morgan fingerprint density at radius 1 is 1.13 bits per heavy atom. The van der Waals surface area contributed by atoms with E-state index in [0.29, 0.717) is 5.56 Å². The summed E-state index contributed by atoms with van der Waals surface area (Å²) >= 11 is 0. The number of azide groups is 1. The number of carbonyl (C=O) groups is 1. The van der Waals surface area contributed by atoms with E-state index < -0.39 is 43.4 Å². The predicted octanol–water partition coefficient (Wildman–Crippen LogP) is 3.10. The number of ether oxygens (including phenoxy) is 2. The zero-order valence-electron chi connectivity index (χ0n) is 15.8. The number of alkyl halides is 2. The van der Waals surface area contributed by atoms with Crippen LogP contribution in [-0.4, -0.2) is 53.6 Å². The molecule has 0 unspecified atom stereocenters. The first-order valence-electron chi connectivity index (χ1n) is 8.98. The number of hydrogen-bond donors (Lipinski definition) is 2. The first kappa shape index (κ1) is 23.2. The molecule has 0 aliphatic rings. The van der Waals surface area contributed by atoms with Crippen molar-refractivity contribution < 1.29 is 33.3 Å². The monoisotopic (exact) mass is 421 g/mol. The first-order valence-corrected chi connectivity index (χ1v) is 8.98. The van der Waals surface area contributed by atoms with E-state index >= 15 is 8.78 Å². The molecule has 0 saturated heterocycles. The molecule has 0 spiro atoms. The van der Waals surface area contributed by atoms with Gasteiger partial charge in [0.05, 0.1) is 18.8 Å². The summed E-state index contributed by atoms with van der Waals surface area (Å²) in [6.45, 7) is -2.25. The van der Waals surface area contributed by atoms with Crippen molar-refractivity contribution in [1.29, 1.82) is 0 Å². The lowest BCUT2D eigenvalue weighted by molar-refractivity contribution is -0.201. The molecule has 0 bridgehead atoms. The minimum atomic E-state index is -3.96. The summed E-state index contributed by atoms with van der Waals surface area (Å²) in [5.41, 5.74) is 9.39. The Morgan fingerprint density at radius 3 is 2.30 bits per heavy atom. The minimum absolute atomic E-state index is 0.132. The van der Waals surface area contributed by atoms with Crippen molar-refractivity contribution in [2.45, 2.75) is 30.8 Å². The van der Waals surface area contributed by atoms with Crippen molar-refractivity contribution in [3.05, 3.63) is 82.2 Å². The average molecular weight is 421 g/mol. The number of carbonyl (C=O) groups excluding carboxylic acids is 1. The lowest BCUT2D eigenvalue weighted by atomic mass is 10.0. The summed E-state index contributed by atoms with van der Waals surface area (Å²) in [7, 11) is 0. The third-order valence-corrected chi connectivity index (χ3v) is 4.21. The number of nitrogens with zero attached hydrogens (tertiary/aromatic N) is 3. The molecule has 0 heterocycles. The Balaban J connectivity index is 2.15. The van der Waals surface area contributed by atoms with Gasteiger partial charge in [-0.2, -0.15) is 0 Å². The van der Waals surface area contributed by atoms with Gasteiger partial charge in [0.2, 0.25) is 0 Å². The SMILES string of the molecule is [N-]=[N+]=N[C@@H](COC(=O)c1ccccc1)C(F)(F)[C@H](OCc1ccccc1)[C@H](O)CO. The molecular formula is C20H21F2N3O5. The van der Waals surface area contributed by atoms with Gasteiger partial charge < -0.3 is 19.7 Å². The Hall–Kier alpha value is -3.04. The summed E-state index contributed by atoms with van der Waals surface area (Å²) < 4.78 is 40.2. The maximum absolute atomic E-state index is 15.1. The lowest BCUT2D eigenvalue weighted by Crippen LogP contribution is -2.53. The summed E-state index contributed by atoms with van der Waals surface area (Å²) in [6, 6.07) is 13.9. The van der Waals surface area contributed by atoms with Crippen molar-refractivity contribution in [2.75, 3.05) is 13.2 Å². The number of hydrogen-bond acceptors (Lipinski definition) is 6. The maximum atomic E-state index is 15.1. The van der Waals surface area contributed by atoms with Gasteiger partial charge in [0, 0.05) is 4.91 Å². The average Bonchev–Trinajstić information content (AvgIpc) is 2.77. The van der Waals surface area contributed by atoms with Crippen LogP contribution in [0, 0.1) is 0 Å². The number of aliphatic hydroxyl groups excluding tert-OH is 2. The number of rotatable bonds is 11. The third-order valence-electron chi connectivity index (χ3n) is 4.21. The molecule has 0 amide bonds.